The summed E-state index contributed by atoms with van der Waals surface area (Å²) >= 11 is 0. The molecule has 1 aliphatic rings. The molecule has 1 aromatic heterocycles. The number of para-hydroxylation sites is 1. The predicted octanol–water partition coefficient (Wildman–Crippen LogP) is 5.07. The molecule has 1 aliphatic heterocycles. The number of hydrogen-bond donors (Lipinski definition) is 5. The second kappa shape index (κ2) is 18.3. The second-order valence-corrected chi connectivity index (χ2v) is 15.9. The molecule has 0 saturated carbocycles. The second-order valence-electron chi connectivity index (χ2n) is 15.9. The molecule has 0 bridgehead atoms. The zero-order valence-corrected chi connectivity index (χ0v) is 33.0. The van der Waals surface area contributed by atoms with E-state index < -0.39 is 65.7 Å². The number of carbonyl (C=O) groups is 5. The van der Waals surface area contributed by atoms with Gasteiger partial charge in [0.05, 0.1) is 0 Å². The molecule has 0 radical (unpaired) electrons. The maximum absolute atomic E-state index is 15.0. The van der Waals surface area contributed by atoms with Crippen molar-refractivity contribution >= 4 is 40.4 Å². The van der Waals surface area contributed by atoms with Gasteiger partial charge in [0, 0.05) is 36.5 Å². The third-order valence-corrected chi connectivity index (χ3v) is 10.3. The third kappa shape index (κ3) is 10.0. The number of carbonyl (C=O) groups excluding carboxylic acids is 5. The van der Waals surface area contributed by atoms with Gasteiger partial charge in [-0.1, -0.05) is 120 Å². The molecule has 5 atom stereocenters. The van der Waals surface area contributed by atoms with Gasteiger partial charge in [-0.3, -0.25) is 24.0 Å². The van der Waals surface area contributed by atoms with Gasteiger partial charge in [-0.15, -0.1) is 0 Å². The highest BCUT2D eigenvalue weighted by atomic mass is 16.2. The van der Waals surface area contributed by atoms with Gasteiger partial charge >= 0.3 is 0 Å². The number of aromatic nitrogens is 1. The summed E-state index contributed by atoms with van der Waals surface area (Å²) in [6.45, 7) is 11.5. The summed E-state index contributed by atoms with van der Waals surface area (Å²) < 4.78 is 0. The monoisotopic (exact) mass is 748 g/mol. The zero-order chi connectivity index (χ0) is 39.8. The van der Waals surface area contributed by atoms with Crippen molar-refractivity contribution < 1.29 is 24.0 Å². The van der Waals surface area contributed by atoms with E-state index in [0.717, 1.165) is 27.6 Å². The lowest BCUT2D eigenvalue weighted by Gasteiger charge is -2.35. The fourth-order valence-corrected chi connectivity index (χ4v) is 7.68. The molecule has 0 aliphatic carbocycles. The molecule has 292 valence electrons. The largest absolute Gasteiger partial charge is 0.361 e. The molecule has 11 heteroatoms. The molecule has 5 N–H and O–H groups in total. The van der Waals surface area contributed by atoms with E-state index >= 15 is 0 Å². The first-order chi connectivity index (χ1) is 26.2. The van der Waals surface area contributed by atoms with Crippen molar-refractivity contribution in [3.8, 4) is 0 Å². The van der Waals surface area contributed by atoms with E-state index in [2.05, 4.69) is 26.3 Å². The minimum atomic E-state index is -1.20. The van der Waals surface area contributed by atoms with Crippen molar-refractivity contribution in [2.24, 2.45) is 17.8 Å². The fourth-order valence-electron chi connectivity index (χ4n) is 7.68. The van der Waals surface area contributed by atoms with Crippen LogP contribution in [0.5, 0.6) is 0 Å². The minimum Gasteiger partial charge on any atom is -0.361 e. The van der Waals surface area contributed by atoms with Crippen molar-refractivity contribution in [1.82, 2.24) is 31.2 Å². The summed E-state index contributed by atoms with van der Waals surface area (Å²) in [5, 5.41) is 12.9. The average molecular weight is 749 g/mol. The van der Waals surface area contributed by atoms with Crippen LogP contribution in [0.25, 0.3) is 10.9 Å². The van der Waals surface area contributed by atoms with Gasteiger partial charge < -0.3 is 31.2 Å². The Labute approximate surface area is 324 Å². The first-order valence-electron chi connectivity index (χ1n) is 19.4. The van der Waals surface area contributed by atoms with Crippen molar-refractivity contribution in [3.05, 3.63) is 108 Å². The number of amides is 5. The van der Waals surface area contributed by atoms with E-state index in [4.69, 9.17) is 0 Å². The maximum Gasteiger partial charge on any atom is 0.245 e. The van der Waals surface area contributed by atoms with Crippen LogP contribution in [-0.2, 0) is 30.4 Å². The highest BCUT2D eigenvalue weighted by molar-refractivity contribution is 5.99. The molecule has 4 aromatic rings. The Bertz CT molecular complexity index is 1900. The number of nitrogens with one attached hydrogen (secondary N) is 5. The number of rotatable bonds is 10. The van der Waals surface area contributed by atoms with Crippen LogP contribution >= 0.6 is 0 Å². The zero-order valence-electron chi connectivity index (χ0n) is 33.0. The molecule has 2 heterocycles. The van der Waals surface area contributed by atoms with E-state index in [9.17, 15) is 24.0 Å². The van der Waals surface area contributed by atoms with E-state index in [1.807, 2.05) is 133 Å². The topological polar surface area (TPSA) is 152 Å². The highest BCUT2D eigenvalue weighted by Crippen LogP contribution is 2.29. The Morgan fingerprint density at radius 2 is 1.09 bits per heavy atom. The molecular weight excluding hydrogens is 693 g/mol. The van der Waals surface area contributed by atoms with Gasteiger partial charge in [0.1, 0.15) is 30.2 Å². The Morgan fingerprint density at radius 1 is 0.582 bits per heavy atom. The Morgan fingerprint density at radius 3 is 1.67 bits per heavy atom. The van der Waals surface area contributed by atoms with Gasteiger partial charge in [0.2, 0.25) is 29.5 Å². The predicted molar refractivity (Wildman–Crippen MR) is 215 cm³/mol. The number of aromatic amines is 1. The number of H-pyrrole nitrogens is 1. The Balaban J connectivity index is 1.68. The molecule has 0 unspecified atom stereocenters. The summed E-state index contributed by atoms with van der Waals surface area (Å²) in [5.74, 6) is -3.58. The summed E-state index contributed by atoms with van der Waals surface area (Å²) in [6.07, 6.45) is 2.51. The van der Waals surface area contributed by atoms with E-state index in [1.54, 1.807) is 7.05 Å². The summed E-state index contributed by atoms with van der Waals surface area (Å²) in [7, 11) is 1.56. The van der Waals surface area contributed by atoms with Crippen LogP contribution in [-0.4, -0.2) is 76.7 Å². The lowest BCUT2D eigenvalue weighted by molar-refractivity contribution is -0.144. The molecule has 5 rings (SSSR count). The van der Waals surface area contributed by atoms with E-state index in [1.165, 1.54) is 4.90 Å². The van der Waals surface area contributed by atoms with Gasteiger partial charge in [-0.2, -0.15) is 0 Å². The smallest absolute Gasteiger partial charge is 0.245 e. The average Bonchev–Trinajstić information content (AvgIpc) is 3.55. The van der Waals surface area contributed by atoms with Gasteiger partial charge in [-0.25, -0.2) is 0 Å². The molecule has 1 fully saturated rings. The Kier molecular flexibility index (Phi) is 13.5. The first kappa shape index (κ1) is 40.7. The number of likely N-dealkylation sites (N-methyl/N-ethyl adjacent to an activating group) is 1. The van der Waals surface area contributed by atoms with Crippen molar-refractivity contribution in [1.29, 1.82) is 0 Å². The standard InChI is InChI=1S/C44H56N6O5/c1-26(2)22-34-41(52)49-38(37(29-16-10-8-11-17-29)30-18-12-9-13-19-30)42(53)46-35(24-31-25-45-33-21-15-14-20-32(31)33)40(51)48-36(23-27(3)4)44(55)50(7)39(28(5)6)43(54)47-34/h8-21,25-28,34-39,45H,22-24H2,1-7H3,(H,46,53)(H,47,54)(H,48,51)(H,49,52)/t34-,35+,36+,38+,39-/m0/s1. The van der Waals surface area contributed by atoms with Crippen LogP contribution in [0.3, 0.4) is 0 Å². The third-order valence-electron chi connectivity index (χ3n) is 10.3. The fraction of sp³-hybridized carbons (Fsp3) is 0.432. The lowest BCUT2D eigenvalue weighted by Crippen LogP contribution is -2.59. The van der Waals surface area contributed by atoms with Crippen LogP contribution < -0.4 is 21.3 Å². The van der Waals surface area contributed by atoms with Gasteiger partial charge in [0.15, 0.2) is 0 Å². The van der Waals surface area contributed by atoms with Crippen molar-refractivity contribution in [2.45, 2.75) is 96.9 Å². The van der Waals surface area contributed by atoms with Crippen molar-refractivity contribution in [3.63, 3.8) is 0 Å². The molecular formula is C44H56N6O5. The van der Waals surface area contributed by atoms with E-state index in [-0.39, 0.29) is 30.6 Å². The van der Waals surface area contributed by atoms with E-state index in [0.29, 0.717) is 6.42 Å². The van der Waals surface area contributed by atoms with Crippen molar-refractivity contribution in [2.75, 3.05) is 7.05 Å². The summed E-state index contributed by atoms with van der Waals surface area (Å²) in [4.78, 5) is 77.2. The first-order valence-corrected chi connectivity index (χ1v) is 19.4. The van der Waals surface area contributed by atoms with Gasteiger partial charge in [0.25, 0.3) is 0 Å². The highest BCUT2D eigenvalue weighted by Gasteiger charge is 2.40. The Hall–Kier alpha value is -5.45. The number of nitrogens with zero attached hydrogens (tertiary/aromatic N) is 1. The molecule has 11 nitrogen and oxygen atoms in total. The quantitative estimate of drug-likeness (QED) is 0.153. The summed E-state index contributed by atoms with van der Waals surface area (Å²) in [6, 6.07) is 21.3. The number of fused-ring (bicyclic) bond motifs is 1. The van der Waals surface area contributed by atoms with Crippen LogP contribution in [0.4, 0.5) is 0 Å². The SMILES string of the molecule is CC(C)C[C@@H]1NC(=O)[C@H](C(C)C)N(C)C(=O)[C@@H](CC(C)C)NC(=O)[C@@H](Cc2c[nH]c3ccccc23)NC(=O)[C@@H](C(c2ccccc2)c2ccccc2)NC1=O. The van der Waals surface area contributed by atoms with Crippen LogP contribution in [0.15, 0.2) is 91.1 Å². The van der Waals surface area contributed by atoms with Gasteiger partial charge in [-0.05, 0) is 53.4 Å². The molecule has 55 heavy (non-hydrogen) atoms. The normalized spacial score (nSPS) is 22.1. The maximum atomic E-state index is 15.0. The van der Waals surface area contributed by atoms with Crippen LogP contribution in [0.2, 0.25) is 0 Å². The lowest BCUT2D eigenvalue weighted by atomic mass is 9.84. The van der Waals surface area contributed by atoms with Crippen LogP contribution in [0.1, 0.15) is 77.0 Å². The number of benzene rings is 3. The van der Waals surface area contributed by atoms with Crippen LogP contribution in [0, 0.1) is 17.8 Å². The minimum absolute atomic E-state index is 0.000821. The molecule has 3 aromatic carbocycles. The summed E-state index contributed by atoms with van der Waals surface area (Å²) in [5.41, 5.74) is 3.23. The molecule has 5 amide bonds. The molecule has 1 saturated heterocycles. The molecule has 0 spiro atoms. The number of hydrogen-bond acceptors (Lipinski definition) is 5.